The molecule has 0 aliphatic rings. The Labute approximate surface area is 85.3 Å². The van der Waals surface area contributed by atoms with Gasteiger partial charge in [0.15, 0.2) is 0 Å². The van der Waals surface area contributed by atoms with Crippen LogP contribution in [0.5, 0.6) is 0 Å². The molecule has 9 heavy (non-hydrogen) atoms. The van der Waals surface area contributed by atoms with Crippen molar-refractivity contribution in [2.24, 2.45) is 0 Å². The molecule has 0 heterocycles. The van der Waals surface area contributed by atoms with E-state index in [2.05, 4.69) is 9.24 Å². The van der Waals surface area contributed by atoms with Crippen molar-refractivity contribution in [1.29, 1.82) is 0 Å². The summed E-state index contributed by atoms with van der Waals surface area (Å²) in [6, 6.07) is 10.1. The van der Waals surface area contributed by atoms with Gasteiger partial charge in [0.1, 0.15) is 0 Å². The SMILES string of the molecule is Pc1ccccc1.[H-].[H-].[Li+].[Li+]. The molecule has 0 spiro atoms. The predicted molar refractivity (Wildman–Crippen MR) is 38.0 cm³/mol. The van der Waals surface area contributed by atoms with E-state index >= 15 is 0 Å². The van der Waals surface area contributed by atoms with Crippen LogP contribution in [0, 0.1) is 0 Å². The van der Waals surface area contributed by atoms with Crippen molar-refractivity contribution in [3.8, 4) is 0 Å². The van der Waals surface area contributed by atoms with E-state index in [1.54, 1.807) is 0 Å². The summed E-state index contributed by atoms with van der Waals surface area (Å²) < 4.78 is 0. The maximum Gasteiger partial charge on any atom is 1.00 e. The van der Waals surface area contributed by atoms with Gasteiger partial charge in [-0.1, -0.05) is 30.3 Å². The van der Waals surface area contributed by atoms with Crippen molar-refractivity contribution in [1.82, 2.24) is 0 Å². The minimum atomic E-state index is 0. The van der Waals surface area contributed by atoms with Crippen molar-refractivity contribution in [3.63, 3.8) is 0 Å². The van der Waals surface area contributed by atoms with Gasteiger partial charge in [0.2, 0.25) is 0 Å². The van der Waals surface area contributed by atoms with Gasteiger partial charge < -0.3 is 2.85 Å². The second kappa shape index (κ2) is 6.96. The fourth-order valence-corrected chi connectivity index (χ4v) is 0.675. The summed E-state index contributed by atoms with van der Waals surface area (Å²) in [5, 5.41) is 1.24. The molecule has 0 aliphatic heterocycles. The maximum atomic E-state index is 2.63. The van der Waals surface area contributed by atoms with Gasteiger partial charge in [-0.2, -0.15) is 0 Å². The molecule has 1 aromatic carbocycles. The smallest absolute Gasteiger partial charge is 1.00 e. The fraction of sp³-hybridized carbons (Fsp3) is 0. The summed E-state index contributed by atoms with van der Waals surface area (Å²) in [6.07, 6.45) is 0. The Bertz CT molecular complexity index is 149. The topological polar surface area (TPSA) is 0 Å². The van der Waals surface area contributed by atoms with Gasteiger partial charge in [0, 0.05) is 0 Å². The van der Waals surface area contributed by atoms with Gasteiger partial charge >= 0.3 is 37.7 Å². The average molecular weight is 126 g/mol. The minimum absolute atomic E-state index is 0. The summed E-state index contributed by atoms with van der Waals surface area (Å²) >= 11 is 0. The van der Waals surface area contributed by atoms with Crippen LogP contribution < -0.4 is 43.0 Å². The zero-order chi connectivity index (χ0) is 5.11. The third-order valence-corrected chi connectivity index (χ3v) is 1.18. The van der Waals surface area contributed by atoms with Crippen LogP contribution in [-0.2, 0) is 0 Å². The number of hydrogen-bond donors (Lipinski definition) is 0. The molecule has 0 N–H and O–H groups in total. The van der Waals surface area contributed by atoms with Crippen molar-refractivity contribution in [2.45, 2.75) is 0 Å². The average Bonchev–Trinajstić information content (AvgIpc) is 1.69. The van der Waals surface area contributed by atoms with Crippen LogP contribution in [0.2, 0.25) is 0 Å². The van der Waals surface area contributed by atoms with Crippen molar-refractivity contribution >= 4 is 14.5 Å². The number of benzene rings is 1. The van der Waals surface area contributed by atoms with Crippen LogP contribution in [0.1, 0.15) is 2.85 Å². The summed E-state index contributed by atoms with van der Waals surface area (Å²) in [4.78, 5) is 0. The summed E-state index contributed by atoms with van der Waals surface area (Å²) in [6.45, 7) is 0. The molecule has 0 saturated heterocycles. The normalized spacial score (nSPS) is 6.78. The first-order valence-corrected chi connectivity index (χ1v) is 2.78. The molecule has 0 amide bonds. The van der Waals surface area contributed by atoms with Crippen LogP contribution in [-0.4, -0.2) is 0 Å². The van der Waals surface area contributed by atoms with Crippen LogP contribution in [0.25, 0.3) is 0 Å². The third kappa shape index (κ3) is 5.30. The van der Waals surface area contributed by atoms with Gasteiger partial charge in [-0.05, 0) is 5.30 Å². The Kier molecular flexibility index (Phi) is 9.68. The van der Waals surface area contributed by atoms with Crippen LogP contribution >= 0.6 is 9.24 Å². The maximum absolute atomic E-state index is 2.63. The molecular weight excluding hydrogens is 117 g/mol. The van der Waals surface area contributed by atoms with Crippen LogP contribution in [0.15, 0.2) is 30.3 Å². The molecule has 0 nitrogen and oxygen atoms in total. The number of hydrogen-bond acceptors (Lipinski definition) is 0. The minimum Gasteiger partial charge on any atom is -1.00 e. The Balaban J connectivity index is -0.0000000612. The first kappa shape index (κ1) is 12.5. The quantitative estimate of drug-likeness (QED) is 0.242. The van der Waals surface area contributed by atoms with E-state index in [0.717, 1.165) is 0 Å². The standard InChI is InChI=1S/C6H7P.2Li.2H/c7-6-4-2-1-3-5-6;;;;/h1-5H,7H2;;;;/q;2*+1;2*-1. The van der Waals surface area contributed by atoms with E-state index in [1.807, 2.05) is 30.3 Å². The Morgan fingerprint density at radius 1 is 1.00 bits per heavy atom. The second-order valence-corrected chi connectivity index (χ2v) is 2.08. The van der Waals surface area contributed by atoms with E-state index in [1.165, 1.54) is 5.30 Å². The number of rotatable bonds is 0. The van der Waals surface area contributed by atoms with Crippen LogP contribution in [0.4, 0.5) is 0 Å². The molecule has 3 heteroatoms. The predicted octanol–water partition coefficient (Wildman–Crippen LogP) is -4.58. The molecule has 1 atom stereocenters. The molecule has 0 aliphatic carbocycles. The Hall–Kier alpha value is 0.845. The monoisotopic (exact) mass is 126 g/mol. The summed E-state index contributed by atoms with van der Waals surface area (Å²) in [7, 11) is 2.63. The summed E-state index contributed by atoms with van der Waals surface area (Å²) in [5.41, 5.74) is 0. The van der Waals surface area contributed by atoms with E-state index in [0.29, 0.717) is 0 Å². The van der Waals surface area contributed by atoms with E-state index in [-0.39, 0.29) is 40.6 Å². The molecule has 1 rings (SSSR count). The molecule has 0 radical (unpaired) electrons. The first-order valence-electron chi connectivity index (χ1n) is 2.20. The van der Waals surface area contributed by atoms with Crippen molar-refractivity contribution in [2.75, 3.05) is 0 Å². The molecule has 1 aromatic rings. The third-order valence-electron chi connectivity index (χ3n) is 0.800. The zero-order valence-electron chi connectivity index (χ0n) is 7.96. The van der Waals surface area contributed by atoms with E-state index in [9.17, 15) is 0 Å². The van der Waals surface area contributed by atoms with Gasteiger partial charge in [-0.25, -0.2) is 0 Å². The second-order valence-electron chi connectivity index (χ2n) is 1.41. The molecule has 0 bridgehead atoms. The molecule has 0 saturated carbocycles. The fourth-order valence-electron chi connectivity index (χ4n) is 0.453. The van der Waals surface area contributed by atoms with Gasteiger partial charge in [-0.3, -0.25) is 0 Å². The zero-order valence-corrected chi connectivity index (χ0v) is 7.12. The molecule has 1 unspecified atom stereocenters. The van der Waals surface area contributed by atoms with E-state index in [4.69, 9.17) is 0 Å². The molecular formula is C6H9Li2P. The molecule has 0 fully saturated rings. The van der Waals surface area contributed by atoms with Gasteiger partial charge in [-0.15, -0.1) is 9.24 Å². The van der Waals surface area contributed by atoms with E-state index < -0.39 is 0 Å². The van der Waals surface area contributed by atoms with Crippen molar-refractivity contribution < 1.29 is 40.6 Å². The van der Waals surface area contributed by atoms with Gasteiger partial charge in [0.05, 0.1) is 0 Å². The van der Waals surface area contributed by atoms with Crippen LogP contribution in [0.3, 0.4) is 0 Å². The first-order chi connectivity index (χ1) is 3.39. The molecule has 0 aromatic heterocycles. The Morgan fingerprint density at radius 2 is 1.44 bits per heavy atom. The molecule has 40 valence electrons. The van der Waals surface area contributed by atoms with Gasteiger partial charge in [0.25, 0.3) is 0 Å². The van der Waals surface area contributed by atoms with Crippen molar-refractivity contribution in [3.05, 3.63) is 30.3 Å². The Morgan fingerprint density at radius 3 is 1.67 bits per heavy atom. The summed E-state index contributed by atoms with van der Waals surface area (Å²) in [5.74, 6) is 0. The largest absolute Gasteiger partial charge is 1.00 e.